The Kier molecular flexibility index (Phi) is 6.63. The number of nitrogens with zero attached hydrogens (tertiary/aromatic N) is 1. The van der Waals surface area contributed by atoms with Crippen LogP contribution in [0.2, 0.25) is 5.02 Å². The topological polar surface area (TPSA) is 61.4 Å². The molecular weight excluding hydrogens is 326 g/mol. The van der Waals surface area contributed by atoms with Crippen molar-refractivity contribution in [3.63, 3.8) is 0 Å². The van der Waals surface area contributed by atoms with Crippen LogP contribution in [0.5, 0.6) is 0 Å². The fourth-order valence-corrected chi connectivity index (χ4v) is 3.09. The van der Waals surface area contributed by atoms with Crippen LogP contribution in [0.4, 0.5) is 5.69 Å². The molecule has 2 N–H and O–H groups in total. The molecule has 2 rings (SSSR count). The molecule has 1 aliphatic heterocycles. The molecule has 0 spiro atoms. The second kappa shape index (κ2) is 8.49. The predicted molar refractivity (Wildman–Crippen MR) is 97.5 cm³/mol. The van der Waals surface area contributed by atoms with Crippen LogP contribution in [-0.2, 0) is 4.79 Å². The molecule has 24 heavy (non-hydrogen) atoms. The van der Waals surface area contributed by atoms with Crippen molar-refractivity contribution in [3.05, 3.63) is 28.8 Å². The lowest BCUT2D eigenvalue weighted by Crippen LogP contribution is -2.44. The molecule has 0 atom stereocenters. The van der Waals surface area contributed by atoms with Gasteiger partial charge in [0.1, 0.15) is 0 Å². The van der Waals surface area contributed by atoms with Gasteiger partial charge in [-0.2, -0.15) is 0 Å². The number of hydrogen-bond acceptors (Lipinski definition) is 3. The van der Waals surface area contributed by atoms with Gasteiger partial charge in [0.05, 0.1) is 10.6 Å². The molecule has 0 saturated carbocycles. The quantitative estimate of drug-likeness (QED) is 0.856. The number of carbonyl (C=O) groups excluding carboxylic acids is 2. The van der Waals surface area contributed by atoms with E-state index >= 15 is 0 Å². The van der Waals surface area contributed by atoms with Crippen LogP contribution in [0, 0.1) is 5.92 Å². The number of benzene rings is 1. The monoisotopic (exact) mass is 351 g/mol. The molecule has 0 unspecified atom stereocenters. The first-order chi connectivity index (χ1) is 11.4. The van der Waals surface area contributed by atoms with E-state index in [2.05, 4.69) is 10.6 Å². The van der Waals surface area contributed by atoms with E-state index in [-0.39, 0.29) is 17.7 Å². The third-order valence-electron chi connectivity index (χ3n) is 4.26. The van der Waals surface area contributed by atoms with Crippen LogP contribution in [0.1, 0.15) is 43.5 Å². The van der Waals surface area contributed by atoms with E-state index in [1.165, 1.54) is 0 Å². The number of carbonyl (C=O) groups is 2. The summed E-state index contributed by atoms with van der Waals surface area (Å²) in [4.78, 5) is 26.5. The van der Waals surface area contributed by atoms with Gasteiger partial charge in [-0.05, 0) is 44.0 Å². The Labute approximate surface area is 148 Å². The van der Waals surface area contributed by atoms with Crippen molar-refractivity contribution in [2.75, 3.05) is 25.5 Å². The molecular formula is C18H26ClN3O2. The number of rotatable bonds is 5. The van der Waals surface area contributed by atoms with Gasteiger partial charge in [0.2, 0.25) is 5.91 Å². The van der Waals surface area contributed by atoms with E-state index in [1.54, 1.807) is 18.2 Å². The second-order valence-corrected chi connectivity index (χ2v) is 7.10. The van der Waals surface area contributed by atoms with Gasteiger partial charge in [0.25, 0.3) is 5.91 Å². The lowest BCUT2D eigenvalue weighted by atomic mass is 10.0. The van der Waals surface area contributed by atoms with Crippen LogP contribution in [-0.4, -0.2) is 42.9 Å². The SMILES string of the molecule is CNC1CCN(C(=O)c2cc(NC(=O)CC(C)C)ccc2Cl)CC1. The number of likely N-dealkylation sites (tertiary alicyclic amines) is 1. The molecule has 1 aromatic rings. The summed E-state index contributed by atoms with van der Waals surface area (Å²) < 4.78 is 0. The van der Waals surface area contributed by atoms with Crippen LogP contribution in [0.25, 0.3) is 0 Å². The summed E-state index contributed by atoms with van der Waals surface area (Å²) in [7, 11) is 1.95. The molecule has 5 nitrogen and oxygen atoms in total. The van der Waals surface area contributed by atoms with E-state index in [4.69, 9.17) is 11.6 Å². The van der Waals surface area contributed by atoms with Crippen molar-refractivity contribution in [1.82, 2.24) is 10.2 Å². The molecule has 2 amide bonds. The highest BCUT2D eigenvalue weighted by Crippen LogP contribution is 2.24. The summed E-state index contributed by atoms with van der Waals surface area (Å²) in [5.41, 5.74) is 1.06. The van der Waals surface area contributed by atoms with Gasteiger partial charge in [-0.15, -0.1) is 0 Å². The van der Waals surface area contributed by atoms with Gasteiger partial charge in [-0.25, -0.2) is 0 Å². The number of piperidine rings is 1. The van der Waals surface area contributed by atoms with Gasteiger partial charge in [0, 0.05) is 31.2 Å². The Hall–Kier alpha value is -1.59. The lowest BCUT2D eigenvalue weighted by molar-refractivity contribution is -0.116. The Morgan fingerprint density at radius 3 is 2.54 bits per heavy atom. The Morgan fingerprint density at radius 2 is 1.96 bits per heavy atom. The minimum Gasteiger partial charge on any atom is -0.338 e. The Bertz CT molecular complexity index is 596. The number of hydrogen-bond donors (Lipinski definition) is 2. The summed E-state index contributed by atoms with van der Waals surface area (Å²) in [6.45, 7) is 5.41. The van der Waals surface area contributed by atoms with Crippen molar-refractivity contribution in [3.8, 4) is 0 Å². The highest BCUT2D eigenvalue weighted by Gasteiger charge is 2.24. The maximum Gasteiger partial charge on any atom is 0.255 e. The van der Waals surface area contributed by atoms with Gasteiger partial charge in [-0.1, -0.05) is 25.4 Å². The predicted octanol–water partition coefficient (Wildman–Crippen LogP) is 3.15. The van der Waals surface area contributed by atoms with Gasteiger partial charge >= 0.3 is 0 Å². The zero-order chi connectivity index (χ0) is 17.7. The summed E-state index contributed by atoms with van der Waals surface area (Å²) in [5, 5.41) is 6.50. The Balaban J connectivity index is 2.08. The molecule has 6 heteroatoms. The first-order valence-electron chi connectivity index (χ1n) is 8.46. The minimum atomic E-state index is -0.0745. The largest absolute Gasteiger partial charge is 0.338 e. The fourth-order valence-electron chi connectivity index (χ4n) is 2.89. The van der Waals surface area contributed by atoms with Crippen LogP contribution in [0.3, 0.4) is 0 Å². The lowest BCUT2D eigenvalue weighted by Gasteiger charge is -2.32. The molecule has 1 aliphatic rings. The third-order valence-corrected chi connectivity index (χ3v) is 4.59. The zero-order valence-corrected chi connectivity index (χ0v) is 15.3. The minimum absolute atomic E-state index is 0.0550. The number of anilines is 1. The average molecular weight is 352 g/mol. The zero-order valence-electron chi connectivity index (χ0n) is 14.6. The second-order valence-electron chi connectivity index (χ2n) is 6.70. The first kappa shape index (κ1) is 18.7. The third kappa shape index (κ3) is 4.95. The first-order valence-corrected chi connectivity index (χ1v) is 8.84. The fraction of sp³-hybridized carbons (Fsp3) is 0.556. The van der Waals surface area contributed by atoms with Crippen molar-refractivity contribution >= 4 is 29.1 Å². The highest BCUT2D eigenvalue weighted by atomic mass is 35.5. The highest BCUT2D eigenvalue weighted by molar-refractivity contribution is 6.34. The van der Waals surface area contributed by atoms with E-state index in [0.717, 1.165) is 12.8 Å². The van der Waals surface area contributed by atoms with Crippen molar-refractivity contribution in [1.29, 1.82) is 0 Å². The van der Waals surface area contributed by atoms with Crippen molar-refractivity contribution < 1.29 is 9.59 Å². The molecule has 0 aliphatic carbocycles. The van der Waals surface area contributed by atoms with Crippen molar-refractivity contribution in [2.24, 2.45) is 5.92 Å². The summed E-state index contributed by atoms with van der Waals surface area (Å²) >= 11 is 6.21. The molecule has 1 aromatic carbocycles. The standard InChI is InChI=1S/C18H26ClN3O2/c1-12(2)10-17(23)21-14-4-5-16(19)15(11-14)18(24)22-8-6-13(20-3)7-9-22/h4-5,11-13,20H,6-10H2,1-3H3,(H,21,23). The summed E-state index contributed by atoms with van der Waals surface area (Å²) in [6, 6.07) is 5.53. The normalized spacial score (nSPS) is 15.6. The number of halogens is 1. The van der Waals surface area contributed by atoms with E-state index in [9.17, 15) is 9.59 Å². The Morgan fingerprint density at radius 1 is 1.29 bits per heavy atom. The molecule has 0 bridgehead atoms. The summed E-state index contributed by atoms with van der Waals surface area (Å²) in [5.74, 6) is 0.155. The molecule has 0 radical (unpaired) electrons. The molecule has 1 saturated heterocycles. The number of amides is 2. The molecule has 1 fully saturated rings. The smallest absolute Gasteiger partial charge is 0.255 e. The van der Waals surface area contributed by atoms with Crippen LogP contribution in [0.15, 0.2) is 18.2 Å². The van der Waals surface area contributed by atoms with E-state index in [1.807, 2.05) is 25.8 Å². The van der Waals surface area contributed by atoms with Crippen molar-refractivity contribution in [2.45, 2.75) is 39.2 Å². The van der Waals surface area contributed by atoms with E-state index < -0.39 is 0 Å². The maximum atomic E-state index is 12.7. The van der Waals surface area contributed by atoms with Gasteiger partial charge < -0.3 is 15.5 Å². The molecule has 1 heterocycles. The van der Waals surface area contributed by atoms with E-state index in [0.29, 0.717) is 41.8 Å². The maximum absolute atomic E-state index is 12.7. The number of nitrogens with one attached hydrogen (secondary N) is 2. The molecule has 132 valence electrons. The average Bonchev–Trinajstić information content (AvgIpc) is 2.55. The van der Waals surface area contributed by atoms with Gasteiger partial charge in [0.15, 0.2) is 0 Å². The summed E-state index contributed by atoms with van der Waals surface area (Å²) in [6.07, 6.45) is 2.32. The van der Waals surface area contributed by atoms with Crippen LogP contribution >= 0.6 is 11.6 Å². The van der Waals surface area contributed by atoms with Gasteiger partial charge in [-0.3, -0.25) is 9.59 Å². The van der Waals surface area contributed by atoms with Crippen LogP contribution < -0.4 is 10.6 Å². The molecule has 0 aromatic heterocycles.